The van der Waals surface area contributed by atoms with Crippen LogP contribution in [0.3, 0.4) is 0 Å². The highest BCUT2D eigenvalue weighted by Crippen LogP contribution is 2.03. The van der Waals surface area contributed by atoms with Gasteiger partial charge in [0.25, 0.3) is 5.91 Å². The van der Waals surface area contributed by atoms with Gasteiger partial charge >= 0.3 is 5.97 Å². The van der Waals surface area contributed by atoms with E-state index in [1.807, 2.05) is 61.5 Å². The minimum Gasteiger partial charge on any atom is -0.451 e. The van der Waals surface area contributed by atoms with E-state index >= 15 is 0 Å². The van der Waals surface area contributed by atoms with E-state index in [9.17, 15) is 14.4 Å². The number of nitrogens with one attached hydrogen (secondary N) is 2. The number of hydrogen-bond acceptors (Lipinski definition) is 4. The van der Waals surface area contributed by atoms with Crippen molar-refractivity contribution < 1.29 is 19.1 Å². The molecule has 2 aromatic carbocycles. The van der Waals surface area contributed by atoms with Crippen LogP contribution in [0.1, 0.15) is 23.6 Å². The molecule has 2 rings (SSSR count). The third-order valence-corrected chi connectivity index (χ3v) is 3.90. The summed E-state index contributed by atoms with van der Waals surface area (Å²) in [6.45, 7) is 3.56. The smallest absolute Gasteiger partial charge is 0.326 e. The molecule has 0 unspecified atom stereocenters. The summed E-state index contributed by atoms with van der Waals surface area (Å²) in [5, 5.41) is 5.21. The van der Waals surface area contributed by atoms with Gasteiger partial charge in [-0.15, -0.1) is 0 Å². The van der Waals surface area contributed by atoms with Gasteiger partial charge in [0.2, 0.25) is 5.91 Å². The zero-order chi connectivity index (χ0) is 19.6. The average molecular weight is 368 g/mol. The van der Waals surface area contributed by atoms with Crippen molar-refractivity contribution in [3.63, 3.8) is 0 Å². The summed E-state index contributed by atoms with van der Waals surface area (Å²) in [7, 11) is 0. The molecule has 2 N–H and O–H groups in total. The summed E-state index contributed by atoms with van der Waals surface area (Å²) < 4.78 is 5.05. The fraction of sp³-hybridized carbons (Fsp3) is 0.286. The standard InChI is InChI=1S/C21H24N2O4/c1-15-8-10-18(11-9-15)13-23-21(26)16(2)27-20(25)14-22-19(24)12-17-6-4-3-5-7-17/h3-11,16H,12-14H2,1-2H3,(H,22,24)(H,23,26)/t16-/m1/s1. The Balaban J connectivity index is 1.68. The maximum atomic E-state index is 12.0. The van der Waals surface area contributed by atoms with Gasteiger partial charge in [-0.25, -0.2) is 0 Å². The lowest BCUT2D eigenvalue weighted by Crippen LogP contribution is -2.38. The highest BCUT2D eigenvalue weighted by atomic mass is 16.5. The number of rotatable bonds is 8. The van der Waals surface area contributed by atoms with Crippen LogP contribution in [0.2, 0.25) is 0 Å². The Labute approximate surface area is 158 Å². The summed E-state index contributed by atoms with van der Waals surface area (Å²) in [4.78, 5) is 35.7. The zero-order valence-corrected chi connectivity index (χ0v) is 15.5. The largest absolute Gasteiger partial charge is 0.451 e. The molecule has 0 aliphatic rings. The first-order valence-electron chi connectivity index (χ1n) is 8.77. The summed E-state index contributed by atoms with van der Waals surface area (Å²) in [5.41, 5.74) is 2.95. The van der Waals surface area contributed by atoms with Crippen LogP contribution in [-0.2, 0) is 32.1 Å². The second-order valence-corrected chi connectivity index (χ2v) is 6.27. The topological polar surface area (TPSA) is 84.5 Å². The van der Waals surface area contributed by atoms with E-state index in [1.54, 1.807) is 0 Å². The molecule has 0 heterocycles. The van der Waals surface area contributed by atoms with Gasteiger partial charge < -0.3 is 15.4 Å². The molecule has 0 aromatic heterocycles. The Bertz CT molecular complexity index is 773. The number of ether oxygens (including phenoxy) is 1. The van der Waals surface area contributed by atoms with Crippen LogP contribution in [0.25, 0.3) is 0 Å². The van der Waals surface area contributed by atoms with Gasteiger partial charge in [0.15, 0.2) is 6.10 Å². The highest BCUT2D eigenvalue weighted by molar-refractivity contribution is 5.86. The minimum atomic E-state index is -0.936. The molecular formula is C21H24N2O4. The quantitative estimate of drug-likeness (QED) is 0.697. The van der Waals surface area contributed by atoms with E-state index in [0.29, 0.717) is 6.54 Å². The minimum absolute atomic E-state index is 0.181. The van der Waals surface area contributed by atoms with Gasteiger partial charge in [0.1, 0.15) is 6.54 Å². The van der Waals surface area contributed by atoms with Crippen molar-refractivity contribution in [1.29, 1.82) is 0 Å². The second-order valence-electron chi connectivity index (χ2n) is 6.27. The van der Waals surface area contributed by atoms with Crippen LogP contribution >= 0.6 is 0 Å². The molecular weight excluding hydrogens is 344 g/mol. The Hall–Kier alpha value is -3.15. The summed E-state index contributed by atoms with van der Waals surface area (Å²) in [5.74, 6) is -1.33. The summed E-state index contributed by atoms with van der Waals surface area (Å²) >= 11 is 0. The molecule has 1 atom stereocenters. The van der Waals surface area contributed by atoms with Gasteiger partial charge in [-0.05, 0) is 25.0 Å². The SMILES string of the molecule is Cc1ccc(CNC(=O)[C@@H](C)OC(=O)CNC(=O)Cc2ccccc2)cc1. The van der Waals surface area contributed by atoms with E-state index < -0.39 is 12.1 Å². The lowest BCUT2D eigenvalue weighted by atomic mass is 10.1. The van der Waals surface area contributed by atoms with E-state index in [0.717, 1.165) is 16.7 Å². The second kappa shape index (κ2) is 10.1. The molecule has 0 aliphatic heterocycles. The Morgan fingerprint density at radius 2 is 1.59 bits per heavy atom. The fourth-order valence-corrected chi connectivity index (χ4v) is 2.35. The molecule has 0 fully saturated rings. The first-order chi connectivity index (χ1) is 12.9. The highest BCUT2D eigenvalue weighted by Gasteiger charge is 2.18. The van der Waals surface area contributed by atoms with Crippen molar-refractivity contribution in [3.05, 3.63) is 71.3 Å². The van der Waals surface area contributed by atoms with Crippen molar-refractivity contribution in [1.82, 2.24) is 10.6 Å². The van der Waals surface area contributed by atoms with Gasteiger partial charge in [0, 0.05) is 6.54 Å². The van der Waals surface area contributed by atoms with Gasteiger partial charge in [-0.1, -0.05) is 60.2 Å². The average Bonchev–Trinajstić information content (AvgIpc) is 2.66. The van der Waals surface area contributed by atoms with Crippen molar-refractivity contribution in [2.75, 3.05) is 6.54 Å². The first-order valence-corrected chi connectivity index (χ1v) is 8.77. The van der Waals surface area contributed by atoms with Crippen LogP contribution < -0.4 is 10.6 Å². The Morgan fingerprint density at radius 1 is 0.926 bits per heavy atom. The number of hydrogen-bond donors (Lipinski definition) is 2. The number of esters is 1. The number of carbonyl (C=O) groups excluding carboxylic acids is 3. The monoisotopic (exact) mass is 368 g/mol. The third-order valence-electron chi connectivity index (χ3n) is 3.90. The molecule has 142 valence electrons. The van der Waals surface area contributed by atoms with Gasteiger partial charge in [-0.2, -0.15) is 0 Å². The van der Waals surface area contributed by atoms with Crippen LogP contribution in [0.15, 0.2) is 54.6 Å². The lowest BCUT2D eigenvalue weighted by molar-refractivity contribution is -0.154. The number of benzene rings is 2. The van der Waals surface area contributed by atoms with Crippen LogP contribution in [0, 0.1) is 6.92 Å². The predicted molar refractivity (Wildman–Crippen MR) is 102 cm³/mol. The lowest BCUT2D eigenvalue weighted by Gasteiger charge is -2.14. The van der Waals surface area contributed by atoms with Crippen molar-refractivity contribution in [2.45, 2.75) is 32.9 Å². The maximum Gasteiger partial charge on any atom is 0.326 e. The predicted octanol–water partition coefficient (Wildman–Crippen LogP) is 1.90. The molecule has 27 heavy (non-hydrogen) atoms. The van der Waals surface area contributed by atoms with Crippen molar-refractivity contribution in [3.8, 4) is 0 Å². The third kappa shape index (κ3) is 7.32. The van der Waals surface area contributed by atoms with Crippen LogP contribution in [0.5, 0.6) is 0 Å². The molecule has 2 aromatic rings. The van der Waals surface area contributed by atoms with Crippen LogP contribution in [-0.4, -0.2) is 30.4 Å². The molecule has 0 aliphatic carbocycles. The van der Waals surface area contributed by atoms with Crippen molar-refractivity contribution in [2.24, 2.45) is 0 Å². The molecule has 6 heteroatoms. The van der Waals surface area contributed by atoms with Crippen LogP contribution in [0.4, 0.5) is 0 Å². The number of amides is 2. The summed E-state index contributed by atoms with van der Waals surface area (Å²) in [6, 6.07) is 17.0. The van der Waals surface area contributed by atoms with E-state index in [4.69, 9.17) is 4.74 Å². The van der Waals surface area contributed by atoms with Gasteiger partial charge in [-0.3, -0.25) is 14.4 Å². The number of carbonyl (C=O) groups is 3. The Kier molecular flexibility index (Phi) is 7.55. The molecule has 0 spiro atoms. The molecule has 0 saturated heterocycles. The van der Waals surface area contributed by atoms with E-state index in [-0.39, 0.29) is 24.8 Å². The fourth-order valence-electron chi connectivity index (χ4n) is 2.35. The molecule has 2 amide bonds. The molecule has 0 radical (unpaired) electrons. The summed E-state index contributed by atoms with van der Waals surface area (Å²) in [6.07, 6.45) is -0.755. The van der Waals surface area contributed by atoms with E-state index in [2.05, 4.69) is 10.6 Å². The first kappa shape index (κ1) is 20.2. The Morgan fingerprint density at radius 3 is 2.26 bits per heavy atom. The van der Waals surface area contributed by atoms with E-state index in [1.165, 1.54) is 6.92 Å². The molecule has 6 nitrogen and oxygen atoms in total. The maximum absolute atomic E-state index is 12.0. The number of aryl methyl sites for hydroxylation is 1. The normalized spacial score (nSPS) is 11.3. The zero-order valence-electron chi connectivity index (χ0n) is 15.5. The molecule has 0 saturated carbocycles. The molecule has 0 bridgehead atoms. The van der Waals surface area contributed by atoms with Gasteiger partial charge in [0.05, 0.1) is 6.42 Å². The van der Waals surface area contributed by atoms with Crippen molar-refractivity contribution >= 4 is 17.8 Å².